The quantitative estimate of drug-likeness (QED) is 0.541. The van der Waals surface area contributed by atoms with Crippen LogP contribution in [0.1, 0.15) is 28.5 Å². The van der Waals surface area contributed by atoms with Crippen LogP contribution in [0, 0.1) is 20.8 Å². The van der Waals surface area contributed by atoms with Gasteiger partial charge in [0.2, 0.25) is 0 Å². The van der Waals surface area contributed by atoms with E-state index in [0.29, 0.717) is 10.9 Å². The Morgan fingerprint density at radius 3 is 2.72 bits per heavy atom. The zero-order valence-corrected chi connectivity index (χ0v) is 16.6. The van der Waals surface area contributed by atoms with Gasteiger partial charge in [-0.3, -0.25) is 9.36 Å². The van der Waals surface area contributed by atoms with Crippen LogP contribution in [0.3, 0.4) is 0 Å². The summed E-state index contributed by atoms with van der Waals surface area (Å²) < 4.78 is 1.72. The third-order valence-corrected chi connectivity index (χ3v) is 6.24. The van der Waals surface area contributed by atoms with Gasteiger partial charge in [-0.15, -0.1) is 11.3 Å². The van der Waals surface area contributed by atoms with E-state index >= 15 is 0 Å². The molecule has 0 saturated heterocycles. The van der Waals surface area contributed by atoms with E-state index in [1.165, 1.54) is 11.8 Å². The van der Waals surface area contributed by atoms with E-state index in [1.807, 2.05) is 39.0 Å². The highest BCUT2D eigenvalue weighted by molar-refractivity contribution is 7.99. The fraction of sp³-hybridized carbons (Fsp3) is 0.368. The van der Waals surface area contributed by atoms with Crippen LogP contribution in [0.4, 0.5) is 0 Å². The van der Waals surface area contributed by atoms with Crippen LogP contribution in [0.5, 0.6) is 0 Å². The van der Waals surface area contributed by atoms with Crippen molar-refractivity contribution in [3.05, 3.63) is 50.1 Å². The minimum Gasteiger partial charge on any atom is -0.396 e. The fourth-order valence-electron chi connectivity index (χ4n) is 3.03. The number of aliphatic hydroxyl groups excluding tert-OH is 1. The van der Waals surface area contributed by atoms with Gasteiger partial charge in [-0.25, -0.2) is 4.98 Å². The standard InChI is InChI=1S/C19H22N2O2S2/c1-5-14-13(4)25-17-16(14)18(23)21(19(20-17)24-9-8-22)15-10-11(2)6-7-12(15)3/h6-7,10,22H,5,8-9H2,1-4H3. The Hall–Kier alpha value is -1.63. The molecule has 0 amide bonds. The van der Waals surface area contributed by atoms with Gasteiger partial charge in [0.05, 0.1) is 17.7 Å². The first-order valence-electron chi connectivity index (χ1n) is 8.34. The minimum atomic E-state index is -0.0136. The predicted molar refractivity (Wildman–Crippen MR) is 107 cm³/mol. The van der Waals surface area contributed by atoms with Crippen molar-refractivity contribution in [2.24, 2.45) is 0 Å². The lowest BCUT2D eigenvalue weighted by Gasteiger charge is -2.15. The maximum absolute atomic E-state index is 13.4. The molecule has 1 aromatic carbocycles. The van der Waals surface area contributed by atoms with Gasteiger partial charge in [0, 0.05) is 10.6 Å². The number of hydrogen-bond donors (Lipinski definition) is 1. The van der Waals surface area contributed by atoms with Crippen molar-refractivity contribution >= 4 is 33.3 Å². The molecule has 4 nitrogen and oxygen atoms in total. The molecule has 0 fully saturated rings. The van der Waals surface area contributed by atoms with Gasteiger partial charge in [-0.2, -0.15) is 0 Å². The highest BCUT2D eigenvalue weighted by atomic mass is 32.2. The second-order valence-corrected chi connectivity index (χ2v) is 8.33. The van der Waals surface area contributed by atoms with Crippen LogP contribution in [0.15, 0.2) is 28.2 Å². The van der Waals surface area contributed by atoms with Gasteiger partial charge < -0.3 is 5.11 Å². The molecule has 2 heterocycles. The SMILES string of the molecule is CCc1c(C)sc2nc(SCCO)n(-c3cc(C)ccc3C)c(=O)c12. The second-order valence-electron chi connectivity index (χ2n) is 6.07. The van der Waals surface area contributed by atoms with Crippen LogP contribution in [-0.2, 0) is 6.42 Å². The molecule has 0 radical (unpaired) electrons. The molecule has 6 heteroatoms. The topological polar surface area (TPSA) is 55.1 Å². The minimum absolute atomic E-state index is 0.0136. The van der Waals surface area contributed by atoms with Crippen molar-refractivity contribution in [2.45, 2.75) is 39.3 Å². The van der Waals surface area contributed by atoms with Crippen molar-refractivity contribution < 1.29 is 5.11 Å². The Labute approximate surface area is 155 Å². The Bertz CT molecular complexity index is 989. The first-order chi connectivity index (χ1) is 12.0. The molecule has 0 aliphatic rings. The summed E-state index contributed by atoms with van der Waals surface area (Å²) in [6, 6.07) is 6.10. The number of thioether (sulfide) groups is 1. The maximum atomic E-state index is 13.4. The molecule has 1 N–H and O–H groups in total. The number of fused-ring (bicyclic) bond motifs is 1. The van der Waals surface area contributed by atoms with E-state index in [0.717, 1.165) is 43.9 Å². The van der Waals surface area contributed by atoms with E-state index in [-0.39, 0.29) is 12.2 Å². The molecule has 3 rings (SSSR count). The number of rotatable bonds is 5. The lowest BCUT2D eigenvalue weighted by molar-refractivity contribution is 0.322. The van der Waals surface area contributed by atoms with Gasteiger partial charge in [0.1, 0.15) is 4.83 Å². The lowest BCUT2D eigenvalue weighted by Crippen LogP contribution is -2.23. The van der Waals surface area contributed by atoms with E-state index in [2.05, 4.69) is 6.92 Å². The number of hydrogen-bond acceptors (Lipinski definition) is 5. The summed E-state index contributed by atoms with van der Waals surface area (Å²) in [5, 5.41) is 10.6. The maximum Gasteiger partial charge on any atom is 0.267 e. The number of nitrogens with zero attached hydrogens (tertiary/aromatic N) is 2. The molecule has 3 aromatic rings. The number of thiophene rings is 1. The molecule has 0 bridgehead atoms. The summed E-state index contributed by atoms with van der Waals surface area (Å²) in [6.45, 7) is 8.20. The van der Waals surface area contributed by atoms with Gasteiger partial charge in [-0.05, 0) is 49.9 Å². The number of benzene rings is 1. The molecular weight excluding hydrogens is 352 g/mol. The molecule has 0 aliphatic carbocycles. The predicted octanol–water partition coefficient (Wildman–Crippen LogP) is 4.02. The fourth-order valence-corrected chi connectivity index (χ4v) is 4.93. The van der Waals surface area contributed by atoms with Gasteiger partial charge >= 0.3 is 0 Å². The van der Waals surface area contributed by atoms with Crippen molar-refractivity contribution in [2.75, 3.05) is 12.4 Å². The zero-order chi connectivity index (χ0) is 18.1. The summed E-state index contributed by atoms with van der Waals surface area (Å²) >= 11 is 2.99. The van der Waals surface area contributed by atoms with E-state index in [4.69, 9.17) is 4.98 Å². The van der Waals surface area contributed by atoms with Crippen molar-refractivity contribution in [3.63, 3.8) is 0 Å². The van der Waals surface area contributed by atoms with Crippen LogP contribution >= 0.6 is 23.1 Å². The van der Waals surface area contributed by atoms with Crippen LogP contribution in [0.25, 0.3) is 15.9 Å². The number of aliphatic hydroxyl groups is 1. The third kappa shape index (κ3) is 3.26. The summed E-state index contributed by atoms with van der Waals surface area (Å²) in [4.78, 5) is 20.2. The number of aromatic nitrogens is 2. The zero-order valence-electron chi connectivity index (χ0n) is 14.9. The normalized spacial score (nSPS) is 11.4. The van der Waals surface area contributed by atoms with Gasteiger partial charge in [0.15, 0.2) is 5.16 Å². The molecule has 0 aliphatic heterocycles. The largest absolute Gasteiger partial charge is 0.396 e. The second kappa shape index (κ2) is 7.32. The summed E-state index contributed by atoms with van der Waals surface area (Å²) in [7, 11) is 0. The Balaban J connectivity index is 2.39. The molecule has 132 valence electrons. The van der Waals surface area contributed by atoms with Crippen molar-refractivity contribution in [3.8, 4) is 5.69 Å². The van der Waals surface area contributed by atoms with E-state index in [1.54, 1.807) is 15.9 Å². The average molecular weight is 375 g/mol. The third-order valence-electron chi connectivity index (χ3n) is 4.28. The monoisotopic (exact) mass is 374 g/mol. The average Bonchev–Trinajstić information content (AvgIpc) is 2.91. The van der Waals surface area contributed by atoms with Crippen LogP contribution < -0.4 is 5.56 Å². The smallest absolute Gasteiger partial charge is 0.267 e. The molecule has 0 saturated carbocycles. The molecular formula is C19H22N2O2S2. The summed E-state index contributed by atoms with van der Waals surface area (Å²) in [5.74, 6) is 0.508. The molecule has 25 heavy (non-hydrogen) atoms. The van der Waals surface area contributed by atoms with Gasteiger partial charge in [0.25, 0.3) is 5.56 Å². The molecule has 0 unspecified atom stereocenters. The van der Waals surface area contributed by atoms with Crippen molar-refractivity contribution in [1.82, 2.24) is 9.55 Å². The Morgan fingerprint density at radius 1 is 1.28 bits per heavy atom. The van der Waals surface area contributed by atoms with Gasteiger partial charge in [-0.1, -0.05) is 30.8 Å². The first kappa shape index (κ1) is 18.2. The van der Waals surface area contributed by atoms with Crippen LogP contribution in [-0.4, -0.2) is 27.0 Å². The highest BCUT2D eigenvalue weighted by Crippen LogP contribution is 2.31. The van der Waals surface area contributed by atoms with Crippen LogP contribution in [0.2, 0.25) is 0 Å². The Kier molecular flexibility index (Phi) is 5.32. The van der Waals surface area contributed by atoms with E-state index in [9.17, 15) is 9.90 Å². The first-order valence-corrected chi connectivity index (χ1v) is 10.1. The molecule has 0 atom stereocenters. The van der Waals surface area contributed by atoms with E-state index < -0.39 is 0 Å². The molecule has 0 spiro atoms. The Morgan fingerprint density at radius 2 is 2.04 bits per heavy atom. The highest BCUT2D eigenvalue weighted by Gasteiger charge is 2.19. The molecule has 2 aromatic heterocycles. The number of aryl methyl sites for hydroxylation is 4. The lowest BCUT2D eigenvalue weighted by atomic mass is 10.1. The summed E-state index contributed by atoms with van der Waals surface area (Å²) in [6.07, 6.45) is 0.818. The van der Waals surface area contributed by atoms with Crippen molar-refractivity contribution in [1.29, 1.82) is 0 Å². The summed E-state index contributed by atoms with van der Waals surface area (Å²) in [5.41, 5.74) is 4.08.